The predicted octanol–water partition coefficient (Wildman–Crippen LogP) is 3.09. The maximum absolute atomic E-state index is 12.9. The number of rotatable bonds is 4. The highest BCUT2D eigenvalue weighted by molar-refractivity contribution is 7.98. The Hall–Kier alpha value is -2.45. The van der Waals surface area contributed by atoms with Gasteiger partial charge >= 0.3 is 0 Å². The van der Waals surface area contributed by atoms with Crippen molar-refractivity contribution in [1.29, 1.82) is 0 Å². The zero-order valence-corrected chi connectivity index (χ0v) is 15.3. The molecule has 130 valence electrons. The maximum Gasteiger partial charge on any atom is 0.262 e. The van der Waals surface area contributed by atoms with Crippen LogP contribution in [-0.2, 0) is 5.75 Å². The second-order valence-corrected chi connectivity index (χ2v) is 8.06. The number of thiazole rings is 1. The van der Waals surface area contributed by atoms with Crippen molar-refractivity contribution >= 4 is 39.0 Å². The fraction of sp³-hybridized carbons (Fsp3) is 0.222. The van der Waals surface area contributed by atoms with E-state index in [-0.39, 0.29) is 17.2 Å². The van der Waals surface area contributed by atoms with Gasteiger partial charge in [0.2, 0.25) is 0 Å². The van der Waals surface area contributed by atoms with Crippen LogP contribution < -0.4 is 11.1 Å². The Labute approximate surface area is 156 Å². The standard InChI is InChI=1S/C18H14N4O2S2/c23-15-9-11(19-17-21(15)7-8-25-17)10-26-18-20-14-4-2-1-3-13(14)16(24)22(18)12-5-6-12/h1-4,7-9,12H,5-6,10H2. The molecule has 3 aromatic heterocycles. The van der Waals surface area contributed by atoms with Gasteiger partial charge < -0.3 is 0 Å². The third-order valence-corrected chi connectivity index (χ3v) is 6.14. The molecule has 0 saturated heterocycles. The molecule has 1 fully saturated rings. The summed E-state index contributed by atoms with van der Waals surface area (Å²) in [6, 6.07) is 9.22. The first-order chi connectivity index (χ1) is 12.7. The van der Waals surface area contributed by atoms with Crippen molar-refractivity contribution in [2.75, 3.05) is 0 Å². The zero-order valence-electron chi connectivity index (χ0n) is 13.7. The molecule has 1 saturated carbocycles. The third kappa shape index (κ3) is 2.65. The van der Waals surface area contributed by atoms with Crippen LogP contribution in [0.15, 0.2) is 56.7 Å². The van der Waals surface area contributed by atoms with Crippen LogP contribution in [0.3, 0.4) is 0 Å². The Balaban J connectivity index is 1.55. The molecule has 0 radical (unpaired) electrons. The average molecular weight is 382 g/mol. The first-order valence-electron chi connectivity index (χ1n) is 8.30. The highest BCUT2D eigenvalue weighted by atomic mass is 32.2. The summed E-state index contributed by atoms with van der Waals surface area (Å²) in [5.41, 5.74) is 1.34. The van der Waals surface area contributed by atoms with Crippen LogP contribution in [0.4, 0.5) is 0 Å². The van der Waals surface area contributed by atoms with Gasteiger partial charge in [0.25, 0.3) is 11.1 Å². The Kier molecular flexibility index (Phi) is 3.68. The lowest BCUT2D eigenvalue weighted by atomic mass is 10.2. The highest BCUT2D eigenvalue weighted by Crippen LogP contribution is 2.37. The van der Waals surface area contributed by atoms with Gasteiger partial charge in [0.1, 0.15) is 0 Å². The summed E-state index contributed by atoms with van der Waals surface area (Å²) < 4.78 is 3.34. The monoisotopic (exact) mass is 382 g/mol. The topological polar surface area (TPSA) is 69.3 Å². The van der Waals surface area contributed by atoms with E-state index in [1.54, 1.807) is 12.3 Å². The van der Waals surface area contributed by atoms with Crippen molar-refractivity contribution in [3.8, 4) is 0 Å². The van der Waals surface area contributed by atoms with Crippen LogP contribution in [0.1, 0.15) is 24.6 Å². The number of fused-ring (bicyclic) bond motifs is 2. The minimum Gasteiger partial charge on any atom is -0.284 e. The van der Waals surface area contributed by atoms with Gasteiger partial charge in [0.05, 0.1) is 16.6 Å². The second-order valence-electron chi connectivity index (χ2n) is 6.25. The summed E-state index contributed by atoms with van der Waals surface area (Å²) >= 11 is 2.89. The van der Waals surface area contributed by atoms with E-state index in [0.29, 0.717) is 32.5 Å². The molecule has 0 N–H and O–H groups in total. The summed E-state index contributed by atoms with van der Waals surface area (Å²) in [4.78, 5) is 34.9. The average Bonchev–Trinajstić information content (AvgIpc) is 3.36. The number of benzene rings is 1. The van der Waals surface area contributed by atoms with Gasteiger partial charge in [-0.2, -0.15) is 0 Å². The summed E-state index contributed by atoms with van der Waals surface area (Å²) in [7, 11) is 0. The fourth-order valence-corrected chi connectivity index (χ4v) is 4.68. The SMILES string of the molecule is O=c1c2ccccc2nc(SCc2cc(=O)n3ccsc3n2)n1C1CC1. The molecule has 26 heavy (non-hydrogen) atoms. The number of nitrogens with zero attached hydrogens (tertiary/aromatic N) is 4. The van der Waals surface area contributed by atoms with Crippen LogP contribution in [-0.4, -0.2) is 18.9 Å². The number of hydrogen-bond acceptors (Lipinski definition) is 6. The molecule has 8 heteroatoms. The van der Waals surface area contributed by atoms with Gasteiger partial charge in [-0.05, 0) is 25.0 Å². The van der Waals surface area contributed by atoms with Gasteiger partial charge in [-0.3, -0.25) is 18.6 Å². The summed E-state index contributed by atoms with van der Waals surface area (Å²) in [6.45, 7) is 0. The van der Waals surface area contributed by atoms with Crippen LogP contribution in [0, 0.1) is 0 Å². The van der Waals surface area contributed by atoms with Crippen molar-refractivity contribution in [3.05, 3.63) is 68.3 Å². The van der Waals surface area contributed by atoms with Gasteiger partial charge in [-0.15, -0.1) is 11.3 Å². The van der Waals surface area contributed by atoms with Crippen molar-refractivity contribution in [3.63, 3.8) is 0 Å². The van der Waals surface area contributed by atoms with E-state index in [4.69, 9.17) is 4.98 Å². The van der Waals surface area contributed by atoms with E-state index in [9.17, 15) is 9.59 Å². The molecule has 3 heterocycles. The van der Waals surface area contributed by atoms with Gasteiger partial charge in [-0.25, -0.2) is 9.97 Å². The smallest absolute Gasteiger partial charge is 0.262 e. The lowest BCUT2D eigenvalue weighted by Crippen LogP contribution is -2.22. The Morgan fingerprint density at radius 2 is 2.04 bits per heavy atom. The van der Waals surface area contributed by atoms with Gasteiger partial charge in [0.15, 0.2) is 10.1 Å². The molecule has 0 aliphatic heterocycles. The van der Waals surface area contributed by atoms with Crippen molar-refractivity contribution in [2.24, 2.45) is 0 Å². The molecule has 5 rings (SSSR count). The van der Waals surface area contributed by atoms with Crippen molar-refractivity contribution < 1.29 is 0 Å². The molecule has 0 unspecified atom stereocenters. The normalized spacial score (nSPS) is 14.3. The summed E-state index contributed by atoms with van der Waals surface area (Å²) in [5, 5.41) is 3.19. The largest absolute Gasteiger partial charge is 0.284 e. The van der Waals surface area contributed by atoms with Crippen molar-refractivity contribution in [2.45, 2.75) is 29.8 Å². The molecular weight excluding hydrogens is 368 g/mol. The minimum absolute atomic E-state index is 0.0161. The van der Waals surface area contributed by atoms with E-state index < -0.39 is 0 Å². The Morgan fingerprint density at radius 3 is 2.88 bits per heavy atom. The fourth-order valence-electron chi connectivity index (χ4n) is 2.98. The second kappa shape index (κ2) is 6.07. The molecule has 1 aromatic carbocycles. The van der Waals surface area contributed by atoms with E-state index in [1.165, 1.54) is 27.5 Å². The zero-order chi connectivity index (χ0) is 17.7. The molecule has 0 bridgehead atoms. The van der Waals surface area contributed by atoms with E-state index in [2.05, 4.69) is 4.98 Å². The lowest BCUT2D eigenvalue weighted by molar-refractivity contribution is 0.618. The molecule has 0 amide bonds. The number of thioether (sulfide) groups is 1. The van der Waals surface area contributed by atoms with E-state index in [0.717, 1.165) is 12.8 Å². The Bertz CT molecular complexity index is 1250. The minimum atomic E-state index is -0.0853. The predicted molar refractivity (Wildman–Crippen MR) is 103 cm³/mol. The van der Waals surface area contributed by atoms with Crippen molar-refractivity contribution in [1.82, 2.24) is 18.9 Å². The van der Waals surface area contributed by atoms with Gasteiger partial charge in [0, 0.05) is 29.4 Å². The van der Waals surface area contributed by atoms with Gasteiger partial charge in [-0.1, -0.05) is 23.9 Å². The number of aromatic nitrogens is 4. The molecule has 6 nitrogen and oxygen atoms in total. The summed E-state index contributed by atoms with van der Waals surface area (Å²) in [5.74, 6) is 0.501. The molecular formula is C18H14N4O2S2. The Morgan fingerprint density at radius 1 is 1.19 bits per heavy atom. The van der Waals surface area contributed by atoms with Crippen LogP contribution in [0.2, 0.25) is 0 Å². The molecule has 0 atom stereocenters. The summed E-state index contributed by atoms with van der Waals surface area (Å²) in [6.07, 6.45) is 3.74. The van der Waals surface area contributed by atoms with Crippen LogP contribution >= 0.6 is 23.1 Å². The first-order valence-corrected chi connectivity index (χ1v) is 10.2. The molecule has 4 aromatic rings. The number of para-hydroxylation sites is 1. The van der Waals surface area contributed by atoms with E-state index in [1.807, 2.05) is 34.2 Å². The quantitative estimate of drug-likeness (QED) is 0.401. The van der Waals surface area contributed by atoms with E-state index >= 15 is 0 Å². The molecule has 1 aliphatic carbocycles. The van der Waals surface area contributed by atoms with Crippen LogP contribution in [0.5, 0.6) is 0 Å². The first kappa shape index (κ1) is 15.8. The lowest BCUT2D eigenvalue weighted by Gasteiger charge is -2.12. The molecule has 1 aliphatic rings. The molecule has 0 spiro atoms. The van der Waals surface area contributed by atoms with Crippen LogP contribution in [0.25, 0.3) is 15.9 Å². The highest BCUT2D eigenvalue weighted by Gasteiger charge is 2.28. The maximum atomic E-state index is 12.9. The third-order valence-electron chi connectivity index (χ3n) is 4.39. The number of hydrogen-bond donors (Lipinski definition) is 0.